The molecule has 0 saturated carbocycles. The Kier molecular flexibility index (Phi) is 2.58. The van der Waals surface area contributed by atoms with Crippen LogP contribution in [-0.4, -0.2) is 4.98 Å². The lowest BCUT2D eigenvalue weighted by Crippen LogP contribution is -1.84. The van der Waals surface area contributed by atoms with Crippen LogP contribution in [0.5, 0.6) is 0 Å². The van der Waals surface area contributed by atoms with Crippen molar-refractivity contribution < 1.29 is 8.78 Å². The first-order valence-electron chi connectivity index (χ1n) is 4.34. The Labute approximate surface area is 85.6 Å². The van der Waals surface area contributed by atoms with E-state index in [9.17, 15) is 8.78 Å². The molecule has 0 saturated heterocycles. The highest BCUT2D eigenvalue weighted by atomic mass is 19.2. The summed E-state index contributed by atoms with van der Waals surface area (Å²) in [4.78, 5) is 3.89. The Morgan fingerprint density at radius 2 is 1.87 bits per heavy atom. The molecular weight excluding hydrogens is 198 g/mol. The van der Waals surface area contributed by atoms with Gasteiger partial charge in [-0.05, 0) is 11.8 Å². The van der Waals surface area contributed by atoms with Crippen molar-refractivity contribution in [1.29, 1.82) is 0 Å². The number of hydrogen-bond acceptors (Lipinski definition) is 1. The van der Waals surface area contributed by atoms with Crippen molar-refractivity contribution in [2.75, 3.05) is 0 Å². The average Bonchev–Trinajstić information content (AvgIpc) is 2.26. The number of rotatable bonds is 2. The van der Waals surface area contributed by atoms with Crippen LogP contribution in [0.15, 0.2) is 42.6 Å². The molecule has 15 heavy (non-hydrogen) atoms. The summed E-state index contributed by atoms with van der Waals surface area (Å²) in [5, 5.41) is 3.88. The minimum Gasteiger partial charge on any atom is -0.443 e. The van der Waals surface area contributed by atoms with E-state index in [2.05, 4.69) is 10.3 Å². The van der Waals surface area contributed by atoms with Crippen LogP contribution in [0, 0.1) is 11.6 Å². The highest BCUT2D eigenvalue weighted by molar-refractivity contribution is 5.63. The largest absolute Gasteiger partial charge is 0.443 e. The maximum atomic E-state index is 13.2. The first-order chi connectivity index (χ1) is 7.27. The molecule has 2 nitrogen and oxygen atoms in total. The second-order valence-corrected chi connectivity index (χ2v) is 2.87. The highest BCUT2D eigenvalue weighted by Crippen LogP contribution is 2.30. The molecule has 0 amide bonds. The van der Waals surface area contributed by atoms with Crippen molar-refractivity contribution >= 4 is 11.5 Å². The molecule has 0 radical (unpaired) electrons. The van der Waals surface area contributed by atoms with Gasteiger partial charge < -0.3 is 10.3 Å². The molecule has 0 aliphatic rings. The van der Waals surface area contributed by atoms with Crippen LogP contribution >= 0.6 is 0 Å². The van der Waals surface area contributed by atoms with Crippen molar-refractivity contribution in [1.82, 2.24) is 4.98 Å². The molecule has 0 aliphatic carbocycles. The summed E-state index contributed by atoms with van der Waals surface area (Å²) in [6, 6.07) is 8.91. The first kappa shape index (κ1) is 9.58. The fourth-order valence-corrected chi connectivity index (χ4v) is 1.12. The number of hydrogen-bond donors (Lipinski definition) is 0. The average molecular weight is 205 g/mol. The molecule has 4 heteroatoms. The van der Waals surface area contributed by atoms with Crippen molar-refractivity contribution in [3.63, 3.8) is 0 Å². The molecule has 0 spiro atoms. The van der Waals surface area contributed by atoms with E-state index in [0.717, 1.165) is 6.07 Å². The number of aromatic nitrogens is 1. The maximum Gasteiger partial charge on any atom is 0.162 e. The van der Waals surface area contributed by atoms with Gasteiger partial charge in [-0.3, -0.25) is 0 Å². The fourth-order valence-electron chi connectivity index (χ4n) is 1.12. The van der Waals surface area contributed by atoms with Gasteiger partial charge in [-0.2, -0.15) is 0 Å². The van der Waals surface area contributed by atoms with Crippen LogP contribution in [0.25, 0.3) is 5.32 Å². The summed E-state index contributed by atoms with van der Waals surface area (Å²) in [6.07, 6.45) is 1.54. The standard InChI is InChI=1S/C11H7F2N2/c12-8-4-3-5-9(11(8)13)15-10-6-1-2-7-14-10/h1-7H/q-1. The Hall–Kier alpha value is -1.97. The molecule has 1 aromatic carbocycles. The van der Waals surface area contributed by atoms with Gasteiger partial charge in [-0.1, -0.05) is 42.3 Å². The van der Waals surface area contributed by atoms with Crippen LogP contribution < -0.4 is 0 Å². The molecule has 2 rings (SSSR count). The number of benzene rings is 1. The molecule has 0 fully saturated rings. The van der Waals surface area contributed by atoms with Crippen molar-refractivity contribution in [2.24, 2.45) is 0 Å². The summed E-state index contributed by atoms with van der Waals surface area (Å²) in [7, 11) is 0. The summed E-state index contributed by atoms with van der Waals surface area (Å²) in [5.74, 6) is -1.52. The molecular formula is C11H7F2N2-. The van der Waals surface area contributed by atoms with Gasteiger partial charge in [-0.15, -0.1) is 0 Å². The molecule has 0 unspecified atom stereocenters. The summed E-state index contributed by atoms with van der Waals surface area (Å²) < 4.78 is 26.0. The van der Waals surface area contributed by atoms with Crippen LogP contribution in [0.2, 0.25) is 0 Å². The highest BCUT2D eigenvalue weighted by Gasteiger charge is 2.02. The number of pyridine rings is 1. The lowest BCUT2D eigenvalue weighted by Gasteiger charge is -2.15. The van der Waals surface area contributed by atoms with Crippen LogP contribution in [0.4, 0.5) is 20.3 Å². The van der Waals surface area contributed by atoms with E-state index in [4.69, 9.17) is 0 Å². The van der Waals surface area contributed by atoms with Gasteiger partial charge in [-0.25, -0.2) is 8.78 Å². The van der Waals surface area contributed by atoms with Crippen LogP contribution in [-0.2, 0) is 0 Å². The SMILES string of the molecule is Fc1cccc([N-]c2ccccn2)c1F. The zero-order chi connectivity index (χ0) is 10.7. The van der Waals surface area contributed by atoms with E-state index < -0.39 is 11.6 Å². The van der Waals surface area contributed by atoms with Crippen LogP contribution in [0.1, 0.15) is 0 Å². The van der Waals surface area contributed by atoms with E-state index in [0.29, 0.717) is 5.82 Å². The smallest absolute Gasteiger partial charge is 0.162 e. The lowest BCUT2D eigenvalue weighted by molar-refractivity contribution is 0.512. The van der Waals surface area contributed by atoms with Gasteiger partial charge in [0, 0.05) is 0 Å². The fraction of sp³-hybridized carbons (Fsp3) is 0. The Balaban J connectivity index is 2.29. The van der Waals surface area contributed by atoms with E-state index in [1.165, 1.54) is 18.3 Å². The molecule has 2 aromatic rings. The van der Waals surface area contributed by atoms with E-state index in [1.54, 1.807) is 18.2 Å². The van der Waals surface area contributed by atoms with Gasteiger partial charge in [0.05, 0.1) is 0 Å². The Morgan fingerprint density at radius 1 is 1.00 bits per heavy atom. The first-order valence-corrected chi connectivity index (χ1v) is 4.34. The predicted octanol–water partition coefficient (Wildman–Crippen LogP) is 3.70. The Morgan fingerprint density at radius 3 is 2.60 bits per heavy atom. The Bertz CT molecular complexity index is 457. The molecule has 0 aliphatic heterocycles. The van der Waals surface area contributed by atoms with Crippen molar-refractivity contribution in [3.8, 4) is 0 Å². The monoisotopic (exact) mass is 205 g/mol. The van der Waals surface area contributed by atoms with Gasteiger partial charge in [0.2, 0.25) is 0 Å². The normalized spacial score (nSPS) is 10.0. The molecule has 0 atom stereocenters. The maximum absolute atomic E-state index is 13.2. The number of nitrogens with zero attached hydrogens (tertiary/aromatic N) is 2. The summed E-state index contributed by atoms with van der Waals surface area (Å²) in [6.45, 7) is 0. The second kappa shape index (κ2) is 4.04. The third-order valence-electron chi connectivity index (χ3n) is 1.82. The third-order valence-corrected chi connectivity index (χ3v) is 1.82. The summed E-state index contributed by atoms with van der Waals surface area (Å²) >= 11 is 0. The minimum atomic E-state index is -0.955. The van der Waals surface area contributed by atoms with Crippen molar-refractivity contribution in [3.05, 3.63) is 59.5 Å². The summed E-state index contributed by atoms with van der Waals surface area (Å²) in [5.41, 5.74) is -0.0475. The molecule has 1 aromatic heterocycles. The molecule has 1 heterocycles. The topological polar surface area (TPSA) is 27.0 Å². The van der Waals surface area contributed by atoms with Crippen molar-refractivity contribution in [2.45, 2.75) is 0 Å². The molecule has 76 valence electrons. The van der Waals surface area contributed by atoms with Gasteiger partial charge in [0.15, 0.2) is 11.6 Å². The zero-order valence-electron chi connectivity index (χ0n) is 7.69. The van der Waals surface area contributed by atoms with Gasteiger partial charge in [0.25, 0.3) is 0 Å². The van der Waals surface area contributed by atoms with E-state index in [-0.39, 0.29) is 5.69 Å². The quantitative estimate of drug-likeness (QED) is 0.734. The predicted molar refractivity (Wildman–Crippen MR) is 53.3 cm³/mol. The van der Waals surface area contributed by atoms with Crippen LogP contribution in [0.3, 0.4) is 0 Å². The third kappa shape index (κ3) is 2.10. The van der Waals surface area contributed by atoms with Gasteiger partial charge >= 0.3 is 0 Å². The second-order valence-electron chi connectivity index (χ2n) is 2.87. The minimum absolute atomic E-state index is 0.0475. The van der Waals surface area contributed by atoms with Gasteiger partial charge in [0.1, 0.15) is 0 Å². The molecule has 0 N–H and O–H groups in total. The zero-order valence-corrected chi connectivity index (χ0v) is 7.69. The van der Waals surface area contributed by atoms with E-state index >= 15 is 0 Å². The molecule has 0 bridgehead atoms. The number of halogens is 2. The lowest BCUT2D eigenvalue weighted by atomic mass is 10.3. The van der Waals surface area contributed by atoms with E-state index in [1.807, 2.05) is 0 Å².